The molecule has 0 saturated heterocycles. The highest BCUT2D eigenvalue weighted by molar-refractivity contribution is 7.98. The molecule has 2 rings (SSSR count). The zero-order chi connectivity index (χ0) is 15.1. The van der Waals surface area contributed by atoms with Crippen molar-refractivity contribution in [2.75, 3.05) is 17.2 Å². The van der Waals surface area contributed by atoms with Crippen LogP contribution in [-0.2, 0) is 10.5 Å². The minimum Gasteiger partial charge on any atom is -0.370 e. The van der Waals surface area contributed by atoms with Crippen LogP contribution in [0.15, 0.2) is 47.5 Å². The van der Waals surface area contributed by atoms with E-state index in [9.17, 15) is 4.79 Å². The molecule has 0 aliphatic heterocycles. The van der Waals surface area contributed by atoms with E-state index >= 15 is 0 Å². The monoisotopic (exact) mass is 301 g/mol. The van der Waals surface area contributed by atoms with Crippen LogP contribution in [0.4, 0.5) is 11.5 Å². The van der Waals surface area contributed by atoms with E-state index < -0.39 is 0 Å². The molecule has 4 nitrogen and oxygen atoms in total. The Hall–Kier alpha value is -2.01. The molecule has 1 heterocycles. The Morgan fingerprint density at radius 3 is 2.67 bits per heavy atom. The second kappa shape index (κ2) is 7.69. The van der Waals surface area contributed by atoms with Crippen LogP contribution in [0, 0.1) is 0 Å². The van der Waals surface area contributed by atoms with Crippen LogP contribution in [0.5, 0.6) is 0 Å². The number of thioether (sulfide) groups is 1. The van der Waals surface area contributed by atoms with Gasteiger partial charge in [-0.1, -0.05) is 6.07 Å². The predicted octanol–water partition coefficient (Wildman–Crippen LogP) is 3.76. The normalized spacial score (nSPS) is 10.2. The van der Waals surface area contributed by atoms with Gasteiger partial charge in [0.1, 0.15) is 5.82 Å². The first-order valence-corrected chi connectivity index (χ1v) is 7.86. The number of nitrogens with zero attached hydrogens (tertiary/aromatic N) is 1. The lowest BCUT2D eigenvalue weighted by molar-refractivity contribution is -0.114. The van der Waals surface area contributed by atoms with E-state index in [2.05, 4.69) is 28.6 Å². The first-order valence-electron chi connectivity index (χ1n) is 6.87. The molecule has 0 spiro atoms. The molecular weight excluding hydrogens is 282 g/mol. The van der Waals surface area contributed by atoms with Crippen molar-refractivity contribution >= 4 is 29.2 Å². The standard InChI is InChI=1S/C16H19N3OS/c1-3-17-16-13(5-4-10-18-16)11-21-15-8-6-14(7-9-15)19-12(2)20/h4-10H,3,11H2,1-2H3,(H,17,18)(H,19,20). The minimum atomic E-state index is -0.0546. The van der Waals surface area contributed by atoms with Crippen LogP contribution in [0.25, 0.3) is 0 Å². The molecule has 0 bridgehead atoms. The number of hydrogen-bond donors (Lipinski definition) is 2. The van der Waals surface area contributed by atoms with Gasteiger partial charge in [0.15, 0.2) is 0 Å². The number of rotatable bonds is 6. The van der Waals surface area contributed by atoms with E-state index in [0.717, 1.165) is 28.7 Å². The first-order chi connectivity index (χ1) is 10.2. The maximum atomic E-state index is 11.0. The minimum absolute atomic E-state index is 0.0546. The van der Waals surface area contributed by atoms with E-state index in [1.807, 2.05) is 30.3 Å². The third kappa shape index (κ3) is 4.79. The quantitative estimate of drug-likeness (QED) is 0.798. The Morgan fingerprint density at radius 1 is 1.24 bits per heavy atom. The Balaban J connectivity index is 1.98. The van der Waals surface area contributed by atoms with Crippen LogP contribution < -0.4 is 10.6 Å². The number of hydrogen-bond acceptors (Lipinski definition) is 4. The summed E-state index contributed by atoms with van der Waals surface area (Å²) in [5, 5.41) is 6.03. The van der Waals surface area contributed by atoms with Crippen LogP contribution >= 0.6 is 11.8 Å². The molecule has 1 aromatic heterocycles. The van der Waals surface area contributed by atoms with E-state index in [-0.39, 0.29) is 5.91 Å². The average molecular weight is 301 g/mol. The van der Waals surface area contributed by atoms with Gasteiger partial charge in [0, 0.05) is 41.6 Å². The molecule has 0 aliphatic rings. The van der Waals surface area contributed by atoms with Gasteiger partial charge in [0.2, 0.25) is 5.91 Å². The lowest BCUT2D eigenvalue weighted by atomic mass is 10.3. The molecule has 0 saturated carbocycles. The van der Waals surface area contributed by atoms with Crippen molar-refractivity contribution < 1.29 is 4.79 Å². The first kappa shape index (κ1) is 15.4. The molecular formula is C16H19N3OS. The zero-order valence-electron chi connectivity index (χ0n) is 12.2. The highest BCUT2D eigenvalue weighted by Gasteiger charge is 2.03. The van der Waals surface area contributed by atoms with Gasteiger partial charge in [-0.15, -0.1) is 11.8 Å². The Kier molecular flexibility index (Phi) is 5.63. The highest BCUT2D eigenvalue weighted by atomic mass is 32.2. The summed E-state index contributed by atoms with van der Waals surface area (Å²) in [5.74, 6) is 1.75. The molecule has 2 N–H and O–H groups in total. The second-order valence-corrected chi connectivity index (χ2v) is 5.58. The average Bonchev–Trinajstić information content (AvgIpc) is 2.48. The van der Waals surface area contributed by atoms with Crippen molar-refractivity contribution in [2.45, 2.75) is 24.5 Å². The highest BCUT2D eigenvalue weighted by Crippen LogP contribution is 2.26. The fourth-order valence-corrected chi connectivity index (χ4v) is 2.76. The lowest BCUT2D eigenvalue weighted by Gasteiger charge is -2.09. The van der Waals surface area contributed by atoms with Crippen molar-refractivity contribution in [3.8, 4) is 0 Å². The van der Waals surface area contributed by atoms with Gasteiger partial charge >= 0.3 is 0 Å². The fourth-order valence-electron chi connectivity index (χ4n) is 1.88. The summed E-state index contributed by atoms with van der Waals surface area (Å²) in [6, 6.07) is 11.9. The molecule has 1 aromatic carbocycles. The molecule has 1 amide bonds. The molecule has 0 atom stereocenters. The van der Waals surface area contributed by atoms with Crippen molar-refractivity contribution in [2.24, 2.45) is 0 Å². The molecule has 110 valence electrons. The number of anilines is 2. The van der Waals surface area contributed by atoms with Crippen LogP contribution in [0.3, 0.4) is 0 Å². The Labute approximate surface area is 129 Å². The van der Waals surface area contributed by atoms with Crippen molar-refractivity contribution in [3.05, 3.63) is 48.2 Å². The fraction of sp³-hybridized carbons (Fsp3) is 0.250. The lowest BCUT2D eigenvalue weighted by Crippen LogP contribution is -2.05. The van der Waals surface area contributed by atoms with Gasteiger partial charge in [-0.2, -0.15) is 0 Å². The largest absolute Gasteiger partial charge is 0.370 e. The van der Waals surface area contributed by atoms with Crippen molar-refractivity contribution in [1.29, 1.82) is 0 Å². The topological polar surface area (TPSA) is 54.0 Å². The van der Waals surface area contributed by atoms with E-state index in [1.165, 1.54) is 12.5 Å². The van der Waals surface area contributed by atoms with Gasteiger partial charge in [-0.05, 0) is 37.3 Å². The van der Waals surface area contributed by atoms with Gasteiger partial charge < -0.3 is 10.6 Å². The predicted molar refractivity (Wildman–Crippen MR) is 88.7 cm³/mol. The second-order valence-electron chi connectivity index (χ2n) is 4.54. The number of pyridine rings is 1. The summed E-state index contributed by atoms with van der Waals surface area (Å²) in [4.78, 5) is 16.5. The molecule has 0 unspecified atom stereocenters. The maximum absolute atomic E-state index is 11.0. The molecule has 21 heavy (non-hydrogen) atoms. The number of carbonyl (C=O) groups is 1. The number of nitrogens with one attached hydrogen (secondary N) is 2. The van der Waals surface area contributed by atoms with Gasteiger partial charge in [-0.25, -0.2) is 4.98 Å². The molecule has 5 heteroatoms. The SMILES string of the molecule is CCNc1ncccc1CSc1ccc(NC(C)=O)cc1. The molecule has 0 fully saturated rings. The van der Waals surface area contributed by atoms with Gasteiger partial charge in [0.05, 0.1) is 0 Å². The maximum Gasteiger partial charge on any atom is 0.221 e. The van der Waals surface area contributed by atoms with Crippen molar-refractivity contribution in [3.63, 3.8) is 0 Å². The summed E-state index contributed by atoms with van der Waals surface area (Å²) < 4.78 is 0. The summed E-state index contributed by atoms with van der Waals surface area (Å²) >= 11 is 1.75. The Morgan fingerprint density at radius 2 is 2.00 bits per heavy atom. The number of aromatic nitrogens is 1. The smallest absolute Gasteiger partial charge is 0.221 e. The summed E-state index contributed by atoms with van der Waals surface area (Å²) in [6.45, 7) is 4.43. The Bertz CT molecular complexity index is 599. The third-order valence-corrected chi connectivity index (χ3v) is 3.87. The number of benzene rings is 1. The number of amides is 1. The number of carbonyl (C=O) groups excluding carboxylic acids is 1. The van der Waals surface area contributed by atoms with Crippen LogP contribution in [0.2, 0.25) is 0 Å². The summed E-state index contributed by atoms with van der Waals surface area (Å²) in [6.07, 6.45) is 1.80. The van der Waals surface area contributed by atoms with E-state index in [0.29, 0.717) is 0 Å². The zero-order valence-corrected chi connectivity index (χ0v) is 13.0. The van der Waals surface area contributed by atoms with Crippen molar-refractivity contribution in [1.82, 2.24) is 4.98 Å². The van der Waals surface area contributed by atoms with Gasteiger partial charge in [-0.3, -0.25) is 4.79 Å². The molecule has 0 radical (unpaired) electrons. The summed E-state index contributed by atoms with van der Waals surface area (Å²) in [7, 11) is 0. The van der Waals surface area contributed by atoms with Crippen LogP contribution in [-0.4, -0.2) is 17.4 Å². The molecule has 2 aromatic rings. The molecule has 0 aliphatic carbocycles. The van der Waals surface area contributed by atoms with Gasteiger partial charge in [0.25, 0.3) is 0 Å². The summed E-state index contributed by atoms with van der Waals surface area (Å²) in [5.41, 5.74) is 2.01. The third-order valence-electron chi connectivity index (χ3n) is 2.80. The van der Waals surface area contributed by atoms with E-state index in [4.69, 9.17) is 0 Å². The van der Waals surface area contributed by atoms with Crippen LogP contribution in [0.1, 0.15) is 19.4 Å². The van der Waals surface area contributed by atoms with E-state index in [1.54, 1.807) is 18.0 Å².